The molecule has 0 bridgehead atoms. The van der Waals surface area contributed by atoms with Crippen LogP contribution in [0.3, 0.4) is 0 Å². The van der Waals surface area contributed by atoms with Crippen molar-refractivity contribution in [2.24, 2.45) is 0 Å². The lowest BCUT2D eigenvalue weighted by Crippen LogP contribution is -2.04. The van der Waals surface area contributed by atoms with E-state index in [1.54, 1.807) is 17.7 Å². The summed E-state index contributed by atoms with van der Waals surface area (Å²) >= 11 is 1.70. The highest BCUT2D eigenvalue weighted by atomic mass is 32.1. The first-order valence-corrected chi connectivity index (χ1v) is 7.67. The van der Waals surface area contributed by atoms with Crippen LogP contribution in [0.5, 0.6) is 0 Å². The van der Waals surface area contributed by atoms with E-state index < -0.39 is 0 Å². The van der Waals surface area contributed by atoms with Crippen LogP contribution < -0.4 is 5.32 Å². The SMILES string of the molecule is CCc1ccccc1CNc1ncnc2c(C)csc12. The summed E-state index contributed by atoms with van der Waals surface area (Å²) in [5, 5.41) is 5.58. The number of nitrogens with one attached hydrogen (secondary N) is 1. The van der Waals surface area contributed by atoms with Gasteiger partial charge >= 0.3 is 0 Å². The van der Waals surface area contributed by atoms with Crippen molar-refractivity contribution in [1.29, 1.82) is 0 Å². The summed E-state index contributed by atoms with van der Waals surface area (Å²) < 4.78 is 1.14. The molecule has 0 aliphatic carbocycles. The van der Waals surface area contributed by atoms with Crippen molar-refractivity contribution < 1.29 is 0 Å². The highest BCUT2D eigenvalue weighted by molar-refractivity contribution is 7.18. The maximum Gasteiger partial charge on any atom is 0.147 e. The molecule has 0 spiro atoms. The first kappa shape index (κ1) is 13.1. The van der Waals surface area contributed by atoms with Crippen LogP contribution in [-0.2, 0) is 13.0 Å². The summed E-state index contributed by atoms with van der Waals surface area (Å²) in [4.78, 5) is 8.73. The minimum atomic E-state index is 0.799. The number of anilines is 1. The van der Waals surface area contributed by atoms with Crippen LogP contribution in [0.15, 0.2) is 36.0 Å². The van der Waals surface area contributed by atoms with Crippen LogP contribution >= 0.6 is 11.3 Å². The van der Waals surface area contributed by atoms with E-state index in [-0.39, 0.29) is 0 Å². The molecule has 0 saturated heterocycles. The summed E-state index contributed by atoms with van der Waals surface area (Å²) in [5.41, 5.74) is 4.98. The molecule has 0 aliphatic rings. The van der Waals surface area contributed by atoms with Crippen LogP contribution in [0.4, 0.5) is 5.82 Å². The van der Waals surface area contributed by atoms with Crippen LogP contribution in [0.1, 0.15) is 23.6 Å². The molecule has 2 heterocycles. The van der Waals surface area contributed by atoms with Gasteiger partial charge in [0.05, 0.1) is 10.2 Å². The van der Waals surface area contributed by atoms with E-state index >= 15 is 0 Å². The van der Waals surface area contributed by atoms with Crippen molar-refractivity contribution in [3.05, 3.63) is 52.7 Å². The van der Waals surface area contributed by atoms with Gasteiger partial charge in [0.2, 0.25) is 0 Å². The third kappa shape index (κ3) is 2.39. The van der Waals surface area contributed by atoms with Gasteiger partial charge in [0.25, 0.3) is 0 Å². The quantitative estimate of drug-likeness (QED) is 0.780. The molecule has 0 saturated carbocycles. The number of benzene rings is 1. The second kappa shape index (κ2) is 5.59. The molecule has 3 aromatic rings. The van der Waals surface area contributed by atoms with Gasteiger partial charge in [-0.1, -0.05) is 31.2 Å². The molecule has 3 rings (SSSR count). The lowest BCUT2D eigenvalue weighted by atomic mass is 10.1. The Morgan fingerprint density at radius 3 is 2.75 bits per heavy atom. The Bertz CT molecular complexity index is 733. The van der Waals surface area contributed by atoms with Gasteiger partial charge in [0.15, 0.2) is 0 Å². The highest BCUT2D eigenvalue weighted by Gasteiger charge is 2.08. The zero-order valence-corrected chi connectivity index (χ0v) is 12.5. The standard InChI is InChI=1S/C16H17N3S/c1-3-12-6-4-5-7-13(12)8-17-16-15-14(18-10-19-16)11(2)9-20-15/h4-7,9-10H,3,8H2,1-2H3,(H,17,18,19). The predicted octanol–water partition coefficient (Wildman–Crippen LogP) is 4.17. The fraction of sp³-hybridized carbons (Fsp3) is 0.250. The number of fused-ring (bicyclic) bond motifs is 1. The Balaban J connectivity index is 1.87. The Morgan fingerprint density at radius 2 is 1.95 bits per heavy atom. The first-order chi connectivity index (χ1) is 9.79. The molecule has 0 radical (unpaired) electrons. The molecule has 20 heavy (non-hydrogen) atoms. The summed E-state index contributed by atoms with van der Waals surface area (Å²) in [5.74, 6) is 0.930. The minimum absolute atomic E-state index is 0.799. The lowest BCUT2D eigenvalue weighted by molar-refractivity contribution is 1.03. The molecule has 102 valence electrons. The Hall–Kier alpha value is -1.94. The summed E-state index contributed by atoms with van der Waals surface area (Å²) in [6.07, 6.45) is 2.69. The second-order valence-corrected chi connectivity index (χ2v) is 5.67. The Kier molecular flexibility index (Phi) is 3.65. The van der Waals surface area contributed by atoms with E-state index in [4.69, 9.17) is 0 Å². The average Bonchev–Trinajstić information content (AvgIpc) is 2.88. The van der Waals surface area contributed by atoms with E-state index in [0.717, 1.165) is 29.0 Å². The number of aromatic nitrogens is 2. The molecule has 4 heteroatoms. The monoisotopic (exact) mass is 283 g/mol. The largest absolute Gasteiger partial charge is 0.365 e. The molecule has 0 atom stereocenters. The number of hydrogen-bond donors (Lipinski definition) is 1. The molecule has 0 unspecified atom stereocenters. The van der Waals surface area contributed by atoms with Crippen molar-refractivity contribution in [2.75, 3.05) is 5.32 Å². The molecule has 0 amide bonds. The van der Waals surface area contributed by atoms with E-state index in [0.29, 0.717) is 0 Å². The fourth-order valence-electron chi connectivity index (χ4n) is 2.35. The van der Waals surface area contributed by atoms with Gasteiger partial charge < -0.3 is 5.32 Å². The number of thiophene rings is 1. The van der Waals surface area contributed by atoms with Crippen LogP contribution in [0.2, 0.25) is 0 Å². The van der Waals surface area contributed by atoms with E-state index in [1.165, 1.54) is 16.7 Å². The van der Waals surface area contributed by atoms with E-state index in [9.17, 15) is 0 Å². The molecule has 0 aliphatic heterocycles. The average molecular weight is 283 g/mol. The predicted molar refractivity (Wildman–Crippen MR) is 85.3 cm³/mol. The first-order valence-electron chi connectivity index (χ1n) is 6.79. The van der Waals surface area contributed by atoms with Gasteiger partial charge in [-0.2, -0.15) is 0 Å². The van der Waals surface area contributed by atoms with E-state index in [2.05, 4.69) is 58.8 Å². The topological polar surface area (TPSA) is 37.8 Å². The van der Waals surface area contributed by atoms with Gasteiger partial charge in [-0.3, -0.25) is 0 Å². The third-order valence-electron chi connectivity index (χ3n) is 3.48. The van der Waals surface area contributed by atoms with Crippen molar-refractivity contribution in [2.45, 2.75) is 26.8 Å². The Labute approximate surface area is 122 Å². The normalized spacial score (nSPS) is 10.9. The molecular formula is C16H17N3S. The zero-order chi connectivity index (χ0) is 13.9. The van der Waals surface area contributed by atoms with Crippen molar-refractivity contribution >= 4 is 27.4 Å². The third-order valence-corrected chi connectivity index (χ3v) is 4.57. The maximum atomic E-state index is 4.38. The van der Waals surface area contributed by atoms with Gasteiger partial charge in [-0.25, -0.2) is 9.97 Å². The number of aryl methyl sites for hydroxylation is 2. The van der Waals surface area contributed by atoms with Crippen LogP contribution in [-0.4, -0.2) is 9.97 Å². The van der Waals surface area contributed by atoms with Crippen molar-refractivity contribution in [1.82, 2.24) is 9.97 Å². The molecule has 2 aromatic heterocycles. The molecule has 1 N–H and O–H groups in total. The highest BCUT2D eigenvalue weighted by Crippen LogP contribution is 2.28. The summed E-state index contributed by atoms with van der Waals surface area (Å²) in [7, 11) is 0. The summed E-state index contributed by atoms with van der Waals surface area (Å²) in [6.45, 7) is 5.07. The maximum absolute atomic E-state index is 4.38. The van der Waals surface area contributed by atoms with Gasteiger partial charge in [0, 0.05) is 6.54 Å². The molecule has 0 fully saturated rings. The zero-order valence-electron chi connectivity index (χ0n) is 11.7. The second-order valence-electron chi connectivity index (χ2n) is 4.79. The molecule has 3 nitrogen and oxygen atoms in total. The van der Waals surface area contributed by atoms with Gasteiger partial charge in [-0.15, -0.1) is 11.3 Å². The van der Waals surface area contributed by atoms with E-state index in [1.807, 2.05) is 0 Å². The molecule has 1 aromatic carbocycles. The van der Waals surface area contributed by atoms with Crippen molar-refractivity contribution in [3.8, 4) is 0 Å². The number of rotatable bonds is 4. The lowest BCUT2D eigenvalue weighted by Gasteiger charge is -2.10. The minimum Gasteiger partial charge on any atom is -0.365 e. The fourth-order valence-corrected chi connectivity index (χ4v) is 3.32. The smallest absolute Gasteiger partial charge is 0.147 e. The molecular weight excluding hydrogens is 266 g/mol. The van der Waals surface area contributed by atoms with Crippen LogP contribution in [0.25, 0.3) is 10.2 Å². The number of nitrogens with zero attached hydrogens (tertiary/aromatic N) is 2. The van der Waals surface area contributed by atoms with Crippen molar-refractivity contribution in [3.63, 3.8) is 0 Å². The number of hydrogen-bond acceptors (Lipinski definition) is 4. The van der Waals surface area contributed by atoms with Gasteiger partial charge in [0.1, 0.15) is 12.1 Å². The van der Waals surface area contributed by atoms with Gasteiger partial charge in [-0.05, 0) is 35.4 Å². The Morgan fingerprint density at radius 1 is 1.15 bits per heavy atom. The van der Waals surface area contributed by atoms with Crippen LogP contribution in [0, 0.1) is 6.92 Å². The summed E-state index contributed by atoms with van der Waals surface area (Å²) in [6, 6.07) is 8.53.